The van der Waals surface area contributed by atoms with Gasteiger partial charge in [0, 0.05) is 33.3 Å². The Morgan fingerprint density at radius 3 is 1.27 bits per heavy atom. The van der Waals surface area contributed by atoms with E-state index in [1.54, 1.807) is 0 Å². The van der Waals surface area contributed by atoms with E-state index >= 15 is 0 Å². The van der Waals surface area contributed by atoms with Gasteiger partial charge in [0.15, 0.2) is 0 Å². The summed E-state index contributed by atoms with van der Waals surface area (Å²) in [4.78, 5) is 2.49. The molecular formula is C61H49N. The lowest BCUT2D eigenvalue weighted by Crippen LogP contribution is -2.18. The summed E-state index contributed by atoms with van der Waals surface area (Å²) in [6.45, 7) is 14.3. The molecule has 0 spiro atoms. The second-order valence-corrected chi connectivity index (χ2v) is 19.3. The molecule has 0 atom stereocenters. The molecule has 0 N–H and O–H groups in total. The van der Waals surface area contributed by atoms with Crippen LogP contribution < -0.4 is 4.90 Å². The summed E-state index contributed by atoms with van der Waals surface area (Å²) in [7, 11) is 0. The minimum absolute atomic E-state index is 0.118. The Labute approximate surface area is 366 Å². The molecule has 62 heavy (non-hydrogen) atoms. The lowest BCUT2D eigenvalue weighted by atomic mass is 9.77. The average Bonchev–Trinajstić information content (AvgIpc) is 3.79. The summed E-state index contributed by atoms with van der Waals surface area (Å²) in [6.07, 6.45) is 0. The first-order valence-corrected chi connectivity index (χ1v) is 22.2. The smallest absolute Gasteiger partial charge is 0.0465 e. The summed E-state index contributed by atoms with van der Waals surface area (Å²) in [5.74, 6) is 0. The van der Waals surface area contributed by atoms with Gasteiger partial charge < -0.3 is 4.90 Å². The van der Waals surface area contributed by atoms with Gasteiger partial charge in [0.1, 0.15) is 0 Å². The monoisotopic (exact) mass is 795 g/mol. The van der Waals surface area contributed by atoms with Crippen molar-refractivity contribution in [2.75, 3.05) is 4.90 Å². The number of nitrogens with zero attached hydrogens (tertiary/aromatic N) is 1. The van der Waals surface area contributed by atoms with Gasteiger partial charge in [-0.25, -0.2) is 0 Å². The largest absolute Gasteiger partial charge is 0.310 e. The molecule has 0 heterocycles. The quantitative estimate of drug-likeness (QED) is 0.168. The van der Waals surface area contributed by atoms with Crippen LogP contribution in [0.2, 0.25) is 0 Å². The normalized spacial score (nSPS) is 15.3. The van der Waals surface area contributed by atoms with E-state index in [1.807, 2.05) is 0 Å². The molecule has 3 aliphatic carbocycles. The summed E-state index contributed by atoms with van der Waals surface area (Å²) in [6, 6.07) is 70.8. The predicted molar refractivity (Wildman–Crippen MR) is 262 cm³/mol. The Hall–Kier alpha value is -6.96. The molecule has 0 fully saturated rings. The Morgan fingerprint density at radius 2 is 0.710 bits per heavy atom. The van der Waals surface area contributed by atoms with Crippen LogP contribution in [0.15, 0.2) is 188 Å². The van der Waals surface area contributed by atoms with E-state index in [0.29, 0.717) is 0 Å². The molecule has 12 rings (SSSR count). The summed E-state index contributed by atoms with van der Waals surface area (Å²) in [5.41, 5.74) is 24.5. The fraction of sp³-hybridized carbons (Fsp3) is 0.148. The van der Waals surface area contributed by atoms with E-state index in [9.17, 15) is 0 Å². The van der Waals surface area contributed by atoms with Crippen molar-refractivity contribution >= 4 is 27.8 Å². The maximum atomic E-state index is 2.49. The maximum Gasteiger partial charge on any atom is 0.0465 e. The minimum atomic E-state index is -0.158. The first-order valence-electron chi connectivity index (χ1n) is 22.2. The fourth-order valence-electron chi connectivity index (χ4n) is 11.8. The molecule has 0 bridgehead atoms. The highest BCUT2D eigenvalue weighted by molar-refractivity contribution is 6.14. The van der Waals surface area contributed by atoms with Crippen molar-refractivity contribution in [1.82, 2.24) is 0 Å². The van der Waals surface area contributed by atoms with Gasteiger partial charge >= 0.3 is 0 Å². The van der Waals surface area contributed by atoms with Crippen molar-refractivity contribution in [2.45, 2.75) is 57.8 Å². The summed E-state index contributed by atoms with van der Waals surface area (Å²) in [5, 5.41) is 2.63. The molecule has 0 aromatic heterocycles. The zero-order valence-electron chi connectivity index (χ0n) is 36.3. The zero-order valence-corrected chi connectivity index (χ0v) is 36.3. The van der Waals surface area contributed by atoms with E-state index in [0.717, 1.165) is 17.1 Å². The van der Waals surface area contributed by atoms with Crippen LogP contribution in [0.4, 0.5) is 17.1 Å². The first-order chi connectivity index (χ1) is 30.0. The molecule has 1 heteroatoms. The van der Waals surface area contributed by atoms with Gasteiger partial charge in [0.25, 0.3) is 0 Å². The number of benzene rings is 9. The Balaban J connectivity index is 1.08. The topological polar surface area (TPSA) is 3.24 Å². The minimum Gasteiger partial charge on any atom is -0.310 e. The number of hydrogen-bond acceptors (Lipinski definition) is 1. The highest BCUT2D eigenvalue weighted by Crippen LogP contribution is 2.59. The van der Waals surface area contributed by atoms with Gasteiger partial charge in [-0.15, -0.1) is 0 Å². The first kappa shape index (κ1) is 36.9. The molecule has 1 nitrogen and oxygen atoms in total. The highest BCUT2D eigenvalue weighted by Gasteiger charge is 2.41. The maximum absolute atomic E-state index is 2.49. The van der Waals surface area contributed by atoms with Crippen LogP contribution in [-0.4, -0.2) is 0 Å². The lowest BCUT2D eigenvalue weighted by Gasteiger charge is -2.30. The van der Waals surface area contributed by atoms with Crippen LogP contribution in [0, 0.1) is 0 Å². The average molecular weight is 796 g/mol. The zero-order chi connectivity index (χ0) is 42.1. The Kier molecular flexibility index (Phi) is 7.74. The second-order valence-electron chi connectivity index (χ2n) is 19.3. The van der Waals surface area contributed by atoms with Gasteiger partial charge in [0.05, 0.1) is 0 Å². The van der Waals surface area contributed by atoms with Gasteiger partial charge in [-0.2, -0.15) is 0 Å². The van der Waals surface area contributed by atoms with Crippen molar-refractivity contribution in [3.8, 4) is 55.6 Å². The molecule has 9 aromatic rings. The van der Waals surface area contributed by atoms with Gasteiger partial charge in [-0.05, 0) is 136 Å². The molecule has 0 radical (unpaired) electrons. The number of anilines is 3. The third-order valence-electron chi connectivity index (χ3n) is 14.8. The van der Waals surface area contributed by atoms with Crippen molar-refractivity contribution in [2.24, 2.45) is 0 Å². The van der Waals surface area contributed by atoms with Gasteiger partial charge in [-0.3, -0.25) is 0 Å². The summed E-state index contributed by atoms with van der Waals surface area (Å²) >= 11 is 0. The lowest BCUT2D eigenvalue weighted by molar-refractivity contribution is 0.660. The number of rotatable bonds is 5. The van der Waals surface area contributed by atoms with Crippen molar-refractivity contribution in [3.05, 3.63) is 221 Å². The Bertz CT molecular complexity index is 3200. The van der Waals surface area contributed by atoms with E-state index < -0.39 is 0 Å². The van der Waals surface area contributed by atoms with Crippen molar-refractivity contribution in [1.29, 1.82) is 0 Å². The van der Waals surface area contributed by atoms with Crippen LogP contribution in [0.1, 0.15) is 74.9 Å². The summed E-state index contributed by atoms with van der Waals surface area (Å²) < 4.78 is 0. The molecule has 0 aliphatic heterocycles. The molecule has 298 valence electrons. The van der Waals surface area contributed by atoms with Crippen LogP contribution in [-0.2, 0) is 16.2 Å². The predicted octanol–water partition coefficient (Wildman–Crippen LogP) is 16.6. The van der Waals surface area contributed by atoms with E-state index in [2.05, 4.69) is 234 Å². The van der Waals surface area contributed by atoms with Crippen LogP contribution >= 0.6 is 0 Å². The van der Waals surface area contributed by atoms with E-state index in [4.69, 9.17) is 0 Å². The standard InChI is InChI=1S/C61H49N/c1-59(2)50-25-15-12-20-43(50)45-34-32-41(36-53(45)59)62(42-33-35-46-44-21-13-16-26-51(44)60(3,4)54(46)37-42)40-30-28-39(29-31-40)56-55(38-18-8-7-9-19-38)47-22-10-11-23-48(47)58-57(56)49-24-14-17-27-52(49)61(58,5)6/h7-37H,1-6H3. The second kappa shape index (κ2) is 13.0. The van der Waals surface area contributed by atoms with Crippen LogP contribution in [0.5, 0.6) is 0 Å². The number of hydrogen-bond donors (Lipinski definition) is 0. The molecule has 0 amide bonds. The van der Waals surface area contributed by atoms with Crippen LogP contribution in [0.25, 0.3) is 66.4 Å². The molecule has 0 unspecified atom stereocenters. The molecule has 0 saturated heterocycles. The van der Waals surface area contributed by atoms with Crippen molar-refractivity contribution < 1.29 is 0 Å². The third-order valence-corrected chi connectivity index (χ3v) is 14.8. The van der Waals surface area contributed by atoms with Gasteiger partial charge in [-0.1, -0.05) is 193 Å². The Morgan fingerprint density at radius 1 is 0.290 bits per heavy atom. The van der Waals surface area contributed by atoms with Gasteiger partial charge in [0.2, 0.25) is 0 Å². The number of fused-ring (bicyclic) bond motifs is 11. The van der Waals surface area contributed by atoms with Crippen molar-refractivity contribution in [3.63, 3.8) is 0 Å². The third kappa shape index (κ3) is 5.03. The van der Waals surface area contributed by atoms with Crippen LogP contribution in [0.3, 0.4) is 0 Å². The highest BCUT2D eigenvalue weighted by atomic mass is 15.1. The molecule has 0 saturated carbocycles. The molecule has 3 aliphatic rings. The fourth-order valence-corrected chi connectivity index (χ4v) is 11.8. The molecular weight excluding hydrogens is 747 g/mol. The molecule has 9 aromatic carbocycles. The van der Waals surface area contributed by atoms with E-state index in [1.165, 1.54) is 99.8 Å². The van der Waals surface area contributed by atoms with E-state index in [-0.39, 0.29) is 16.2 Å². The SMILES string of the molecule is CC1(C)c2ccccc2-c2ccc(N(c3ccc(-c4c5c(c6ccccc6c4-c4ccccc4)C(C)(C)c4ccccc4-5)cc3)c3ccc4c(c3)C(C)(C)c3ccccc3-4)cc21.